The van der Waals surface area contributed by atoms with Crippen molar-refractivity contribution in [3.05, 3.63) is 40.7 Å². The van der Waals surface area contributed by atoms with Crippen molar-refractivity contribution in [3.8, 4) is 11.5 Å². The van der Waals surface area contributed by atoms with Crippen molar-refractivity contribution in [1.82, 2.24) is 25.0 Å². The summed E-state index contributed by atoms with van der Waals surface area (Å²) in [6.07, 6.45) is 3.56. The third-order valence-corrected chi connectivity index (χ3v) is 5.98. The molecule has 4 heterocycles. The van der Waals surface area contributed by atoms with Crippen molar-refractivity contribution in [1.29, 1.82) is 0 Å². The molecule has 150 valence electrons. The fourth-order valence-corrected chi connectivity index (χ4v) is 4.43. The molecule has 0 aliphatic carbocycles. The Morgan fingerprint density at radius 1 is 1.31 bits per heavy atom. The highest BCUT2D eigenvalue weighted by molar-refractivity contribution is 7.15. The maximum absolute atomic E-state index is 13.2. The summed E-state index contributed by atoms with van der Waals surface area (Å²) in [7, 11) is 1.81. The Morgan fingerprint density at radius 3 is 2.79 bits per heavy atom. The average molecular weight is 411 g/mol. The zero-order chi connectivity index (χ0) is 20.5. The molecule has 1 amide bonds. The highest BCUT2D eigenvalue weighted by Crippen LogP contribution is 2.30. The minimum atomic E-state index is -0.270. The lowest BCUT2D eigenvalue weighted by atomic mass is 10.1. The van der Waals surface area contributed by atoms with Crippen molar-refractivity contribution in [3.63, 3.8) is 0 Å². The largest absolute Gasteiger partial charge is 0.463 e. The first-order chi connectivity index (χ1) is 14.0. The molecule has 8 nitrogen and oxygen atoms in total. The van der Waals surface area contributed by atoms with Crippen LogP contribution >= 0.6 is 11.3 Å². The molecule has 0 saturated heterocycles. The van der Waals surface area contributed by atoms with Crippen LogP contribution in [0.15, 0.2) is 28.9 Å². The van der Waals surface area contributed by atoms with Crippen LogP contribution in [0.3, 0.4) is 0 Å². The van der Waals surface area contributed by atoms with Gasteiger partial charge in [-0.1, -0.05) is 25.2 Å². The molecule has 0 bridgehead atoms. The number of nitrogens with one attached hydrogen (secondary N) is 1. The Morgan fingerprint density at radius 2 is 2.10 bits per heavy atom. The number of carbonyl (C=O) groups excluding carboxylic acids is 1. The van der Waals surface area contributed by atoms with Gasteiger partial charge in [-0.3, -0.25) is 14.8 Å². The summed E-state index contributed by atoms with van der Waals surface area (Å²) in [4.78, 5) is 17.8. The second kappa shape index (κ2) is 7.75. The highest BCUT2D eigenvalue weighted by atomic mass is 32.1. The molecule has 4 aromatic heterocycles. The van der Waals surface area contributed by atoms with Crippen LogP contribution in [0.4, 0.5) is 5.13 Å². The van der Waals surface area contributed by atoms with Gasteiger partial charge in [0.15, 0.2) is 11.4 Å². The molecule has 1 N–H and O–H groups in total. The molecule has 4 rings (SSSR count). The Hall–Kier alpha value is -3.07. The SMILES string of the molecule is CCC(CC)c1nnc(NC(=O)c2cc(-c3ccco3)nc3c2c(C)nn3C)s1. The number of anilines is 1. The van der Waals surface area contributed by atoms with Crippen LogP contribution in [0.5, 0.6) is 0 Å². The number of rotatable bonds is 6. The van der Waals surface area contributed by atoms with Gasteiger partial charge in [0.25, 0.3) is 5.91 Å². The van der Waals surface area contributed by atoms with E-state index in [0.717, 1.165) is 23.5 Å². The molecule has 29 heavy (non-hydrogen) atoms. The van der Waals surface area contributed by atoms with E-state index in [1.165, 1.54) is 11.3 Å². The molecular weight excluding hydrogens is 388 g/mol. The molecule has 0 spiro atoms. The fraction of sp³-hybridized carbons (Fsp3) is 0.350. The van der Waals surface area contributed by atoms with Crippen LogP contribution in [0, 0.1) is 6.92 Å². The molecule has 4 aromatic rings. The van der Waals surface area contributed by atoms with Gasteiger partial charge in [0.1, 0.15) is 10.7 Å². The van der Waals surface area contributed by atoms with E-state index < -0.39 is 0 Å². The molecule has 0 aliphatic heterocycles. The number of hydrogen-bond donors (Lipinski definition) is 1. The van der Waals surface area contributed by atoms with Crippen molar-refractivity contribution in [2.75, 3.05) is 5.32 Å². The second-order valence-corrected chi connectivity index (χ2v) is 7.86. The normalized spacial score (nSPS) is 11.5. The fourth-order valence-electron chi connectivity index (χ4n) is 3.43. The highest BCUT2D eigenvalue weighted by Gasteiger charge is 2.21. The topological polar surface area (TPSA) is 98.7 Å². The van der Waals surface area contributed by atoms with E-state index in [1.54, 1.807) is 23.1 Å². The van der Waals surface area contributed by atoms with E-state index in [4.69, 9.17) is 4.42 Å². The second-order valence-electron chi connectivity index (χ2n) is 6.85. The standard InChI is InChI=1S/C20H22N6O2S/c1-5-12(6-2)19-23-24-20(29-19)22-18(27)13-10-14(15-8-7-9-28-15)21-17-16(13)11(3)25-26(17)4/h7-10,12H,5-6H2,1-4H3,(H,22,24,27). The van der Waals surface area contributed by atoms with Gasteiger partial charge in [-0.05, 0) is 38.0 Å². The minimum absolute atomic E-state index is 0.270. The van der Waals surface area contributed by atoms with Gasteiger partial charge in [-0.25, -0.2) is 4.98 Å². The van der Waals surface area contributed by atoms with Gasteiger partial charge < -0.3 is 4.42 Å². The Kier molecular flexibility index (Phi) is 5.14. The molecule has 0 aromatic carbocycles. The first-order valence-corrected chi connectivity index (χ1v) is 10.4. The van der Waals surface area contributed by atoms with Gasteiger partial charge in [0.05, 0.1) is 22.9 Å². The molecule has 0 atom stereocenters. The lowest BCUT2D eigenvalue weighted by Crippen LogP contribution is -2.13. The van der Waals surface area contributed by atoms with E-state index in [9.17, 15) is 4.79 Å². The summed E-state index contributed by atoms with van der Waals surface area (Å²) in [6, 6.07) is 5.33. The lowest BCUT2D eigenvalue weighted by molar-refractivity contribution is 0.102. The first-order valence-electron chi connectivity index (χ1n) is 9.54. The molecule has 0 aliphatic rings. The summed E-state index contributed by atoms with van der Waals surface area (Å²) < 4.78 is 7.15. The van der Waals surface area contributed by atoms with Gasteiger partial charge >= 0.3 is 0 Å². The van der Waals surface area contributed by atoms with Crippen molar-refractivity contribution in [2.45, 2.75) is 39.5 Å². The van der Waals surface area contributed by atoms with Gasteiger partial charge in [-0.2, -0.15) is 5.10 Å². The number of furan rings is 1. The number of carbonyl (C=O) groups is 1. The predicted octanol–water partition coefficient (Wildman–Crippen LogP) is 4.54. The number of nitrogens with zero attached hydrogens (tertiary/aromatic N) is 5. The number of pyridine rings is 1. The van der Waals surface area contributed by atoms with E-state index in [0.29, 0.717) is 39.1 Å². The Labute approximate surface area is 172 Å². The average Bonchev–Trinajstić information content (AvgIpc) is 3.45. The molecule has 0 fully saturated rings. The maximum Gasteiger partial charge on any atom is 0.258 e. The Balaban J connectivity index is 1.73. The van der Waals surface area contributed by atoms with Crippen LogP contribution in [-0.2, 0) is 7.05 Å². The van der Waals surface area contributed by atoms with E-state index in [1.807, 2.05) is 20.0 Å². The van der Waals surface area contributed by atoms with E-state index in [2.05, 4.69) is 39.4 Å². The molecule has 0 unspecified atom stereocenters. The van der Waals surface area contributed by atoms with Gasteiger partial charge in [-0.15, -0.1) is 10.2 Å². The number of fused-ring (bicyclic) bond motifs is 1. The zero-order valence-corrected chi connectivity index (χ0v) is 17.6. The van der Waals surface area contributed by atoms with Crippen molar-refractivity contribution < 1.29 is 9.21 Å². The van der Waals surface area contributed by atoms with Crippen LogP contribution in [-0.4, -0.2) is 30.9 Å². The molecular formula is C20H22N6O2S. The Bertz CT molecular complexity index is 1160. The molecule has 9 heteroatoms. The van der Waals surface area contributed by atoms with Crippen molar-refractivity contribution in [2.24, 2.45) is 7.05 Å². The number of aryl methyl sites for hydroxylation is 2. The summed E-state index contributed by atoms with van der Waals surface area (Å²) >= 11 is 1.42. The molecule has 0 saturated carbocycles. The van der Waals surface area contributed by atoms with Gasteiger partial charge in [0, 0.05) is 13.0 Å². The third kappa shape index (κ3) is 3.53. The van der Waals surface area contributed by atoms with E-state index in [-0.39, 0.29) is 5.91 Å². The first kappa shape index (κ1) is 19.3. The lowest BCUT2D eigenvalue weighted by Gasteiger charge is -2.07. The summed E-state index contributed by atoms with van der Waals surface area (Å²) in [5, 5.41) is 17.9. The summed E-state index contributed by atoms with van der Waals surface area (Å²) in [5.41, 5.74) is 2.41. The van der Waals surface area contributed by atoms with Crippen LogP contribution in [0.1, 0.15) is 53.7 Å². The van der Waals surface area contributed by atoms with Crippen LogP contribution in [0.2, 0.25) is 0 Å². The van der Waals surface area contributed by atoms with Crippen molar-refractivity contribution >= 4 is 33.4 Å². The summed E-state index contributed by atoms with van der Waals surface area (Å²) in [5.74, 6) is 0.678. The monoisotopic (exact) mass is 410 g/mol. The van der Waals surface area contributed by atoms with E-state index >= 15 is 0 Å². The van der Waals surface area contributed by atoms with Crippen LogP contribution in [0.25, 0.3) is 22.5 Å². The number of hydrogen-bond acceptors (Lipinski definition) is 7. The predicted molar refractivity (Wildman–Crippen MR) is 112 cm³/mol. The third-order valence-electron chi connectivity index (χ3n) is 4.98. The summed E-state index contributed by atoms with van der Waals surface area (Å²) in [6.45, 7) is 6.12. The maximum atomic E-state index is 13.2. The smallest absolute Gasteiger partial charge is 0.258 e. The zero-order valence-electron chi connectivity index (χ0n) is 16.8. The van der Waals surface area contributed by atoms with Crippen LogP contribution < -0.4 is 5.32 Å². The number of amides is 1. The molecule has 0 radical (unpaired) electrons. The van der Waals surface area contributed by atoms with Gasteiger partial charge in [0.2, 0.25) is 5.13 Å². The number of aromatic nitrogens is 5. The quantitative estimate of drug-likeness (QED) is 0.501. The minimum Gasteiger partial charge on any atom is -0.463 e.